The fourth-order valence-corrected chi connectivity index (χ4v) is 4.30. The zero-order chi connectivity index (χ0) is 18.3. The third-order valence-electron chi connectivity index (χ3n) is 4.84. The van der Waals surface area contributed by atoms with E-state index in [-0.39, 0.29) is 22.4 Å². The second-order valence-corrected chi connectivity index (χ2v) is 8.62. The van der Waals surface area contributed by atoms with Crippen LogP contribution in [-0.2, 0) is 16.3 Å². The molecule has 0 unspecified atom stereocenters. The highest BCUT2D eigenvalue weighted by molar-refractivity contribution is 7.91. The van der Waals surface area contributed by atoms with Crippen LogP contribution in [-0.4, -0.2) is 28.5 Å². The molecule has 0 spiro atoms. The van der Waals surface area contributed by atoms with Gasteiger partial charge in [-0.3, -0.25) is 4.57 Å². The normalized spacial score (nSPS) is 16.6. The van der Waals surface area contributed by atoms with E-state index in [0.717, 1.165) is 24.2 Å². The lowest BCUT2D eigenvalue weighted by Crippen LogP contribution is -2.26. The fraction of sp³-hybridized carbons (Fsp3) is 0.263. The first-order chi connectivity index (χ1) is 12.5. The quantitative estimate of drug-likeness (QED) is 0.708. The van der Waals surface area contributed by atoms with Gasteiger partial charge in [-0.2, -0.15) is 4.68 Å². The number of nitrogens with zero attached hydrogens (tertiary/aromatic N) is 3. The fourth-order valence-electron chi connectivity index (χ4n) is 3.42. The molecule has 1 aliphatic heterocycles. The maximum Gasteiger partial charge on any atom is 0.351 e. The van der Waals surface area contributed by atoms with Gasteiger partial charge in [0.25, 0.3) is 0 Å². The molecule has 7 heteroatoms. The van der Waals surface area contributed by atoms with Crippen molar-refractivity contribution in [1.29, 1.82) is 0 Å². The summed E-state index contributed by atoms with van der Waals surface area (Å²) < 4.78 is 27.0. The van der Waals surface area contributed by atoms with Gasteiger partial charge in [0.05, 0.1) is 22.4 Å². The van der Waals surface area contributed by atoms with Gasteiger partial charge in [0.1, 0.15) is 5.82 Å². The van der Waals surface area contributed by atoms with Crippen LogP contribution in [0.3, 0.4) is 0 Å². The van der Waals surface area contributed by atoms with Gasteiger partial charge in [-0.1, -0.05) is 37.3 Å². The van der Waals surface area contributed by atoms with Crippen LogP contribution in [0.2, 0.25) is 0 Å². The number of hydrogen-bond acceptors (Lipinski definition) is 4. The molecule has 0 fully saturated rings. The number of sulfone groups is 1. The second kappa shape index (κ2) is 6.25. The summed E-state index contributed by atoms with van der Waals surface area (Å²) in [6.07, 6.45) is 1.60. The maximum absolute atomic E-state index is 12.9. The van der Waals surface area contributed by atoms with Gasteiger partial charge in [-0.05, 0) is 36.2 Å². The van der Waals surface area contributed by atoms with E-state index in [1.165, 1.54) is 16.8 Å². The molecule has 1 atom stereocenters. The molecule has 0 saturated carbocycles. The van der Waals surface area contributed by atoms with Gasteiger partial charge in [0.15, 0.2) is 9.84 Å². The molecular weight excluding hydrogens is 350 g/mol. The van der Waals surface area contributed by atoms with Gasteiger partial charge in [0.2, 0.25) is 0 Å². The molecule has 3 aromatic rings. The summed E-state index contributed by atoms with van der Waals surface area (Å²) in [6, 6.07) is 16.2. The zero-order valence-corrected chi connectivity index (χ0v) is 15.2. The minimum atomic E-state index is -3.26. The molecule has 26 heavy (non-hydrogen) atoms. The van der Waals surface area contributed by atoms with Crippen LogP contribution < -0.4 is 5.69 Å². The standard InChI is InChI=1S/C19H19N3O3S/c1-2-26(24,25)16-10-8-15(9-11-16)22-19(23)21-17(12-13-18(21)20-22)14-6-4-3-5-7-14/h3-11,17H,2,12-13H2,1H3/t17-/m0/s1. The Balaban J connectivity index is 1.74. The smallest absolute Gasteiger partial charge is 0.271 e. The Morgan fingerprint density at radius 1 is 1.08 bits per heavy atom. The number of benzene rings is 2. The van der Waals surface area contributed by atoms with E-state index in [2.05, 4.69) is 5.10 Å². The van der Waals surface area contributed by atoms with E-state index in [9.17, 15) is 13.2 Å². The van der Waals surface area contributed by atoms with E-state index in [1.54, 1.807) is 23.6 Å². The van der Waals surface area contributed by atoms with Crippen molar-refractivity contribution in [2.75, 3.05) is 5.75 Å². The molecule has 4 rings (SSSR count). The molecule has 0 saturated heterocycles. The average Bonchev–Trinajstić information content (AvgIpc) is 3.23. The summed E-state index contributed by atoms with van der Waals surface area (Å²) in [4.78, 5) is 13.2. The molecule has 1 aromatic heterocycles. The van der Waals surface area contributed by atoms with E-state index in [0.29, 0.717) is 5.69 Å². The van der Waals surface area contributed by atoms with Crippen molar-refractivity contribution < 1.29 is 8.42 Å². The molecule has 0 radical (unpaired) electrons. The molecule has 0 aliphatic carbocycles. The maximum atomic E-state index is 12.9. The summed E-state index contributed by atoms with van der Waals surface area (Å²) in [5.74, 6) is 0.804. The Labute approximate surface area is 151 Å². The van der Waals surface area contributed by atoms with Crippen molar-refractivity contribution >= 4 is 9.84 Å². The Kier molecular flexibility index (Phi) is 4.03. The molecule has 0 bridgehead atoms. The van der Waals surface area contributed by atoms with E-state index < -0.39 is 9.84 Å². The molecular formula is C19H19N3O3S. The van der Waals surface area contributed by atoms with Crippen LogP contribution in [0.15, 0.2) is 64.3 Å². The molecule has 1 aliphatic rings. The summed E-state index contributed by atoms with van der Waals surface area (Å²) in [6.45, 7) is 1.61. The molecule has 0 amide bonds. The summed E-state index contributed by atoms with van der Waals surface area (Å²) in [7, 11) is -3.26. The van der Waals surface area contributed by atoms with Crippen LogP contribution in [0.4, 0.5) is 0 Å². The van der Waals surface area contributed by atoms with Gasteiger partial charge >= 0.3 is 5.69 Å². The summed E-state index contributed by atoms with van der Waals surface area (Å²) >= 11 is 0. The third-order valence-corrected chi connectivity index (χ3v) is 6.59. The van der Waals surface area contributed by atoms with Crippen LogP contribution in [0, 0.1) is 0 Å². The number of aryl methyl sites for hydroxylation is 1. The molecule has 134 valence electrons. The SMILES string of the molecule is CCS(=O)(=O)c1ccc(-n2nc3n(c2=O)[C@H](c2ccccc2)CC3)cc1. The summed E-state index contributed by atoms with van der Waals surface area (Å²) in [5, 5.41) is 4.47. The van der Waals surface area contributed by atoms with E-state index in [4.69, 9.17) is 0 Å². The Morgan fingerprint density at radius 3 is 2.42 bits per heavy atom. The number of hydrogen-bond donors (Lipinski definition) is 0. The average molecular weight is 369 g/mol. The van der Waals surface area contributed by atoms with Crippen molar-refractivity contribution in [1.82, 2.24) is 14.3 Å². The predicted octanol–water partition coefficient (Wildman–Crippen LogP) is 2.36. The first-order valence-electron chi connectivity index (χ1n) is 8.60. The van der Waals surface area contributed by atoms with Crippen LogP contribution >= 0.6 is 0 Å². The molecule has 2 aromatic carbocycles. The minimum absolute atomic E-state index is 0.00723. The Morgan fingerprint density at radius 2 is 1.77 bits per heavy atom. The lowest BCUT2D eigenvalue weighted by atomic mass is 10.1. The van der Waals surface area contributed by atoms with Gasteiger partial charge in [-0.15, -0.1) is 5.10 Å². The van der Waals surface area contributed by atoms with Gasteiger partial charge < -0.3 is 0 Å². The minimum Gasteiger partial charge on any atom is -0.271 e. The third kappa shape index (κ3) is 2.68. The van der Waals surface area contributed by atoms with E-state index in [1.807, 2.05) is 30.3 Å². The first-order valence-corrected chi connectivity index (χ1v) is 10.2. The molecule has 0 N–H and O–H groups in total. The van der Waals surface area contributed by atoms with Crippen molar-refractivity contribution in [2.45, 2.75) is 30.7 Å². The summed E-state index contributed by atoms with van der Waals surface area (Å²) in [5.41, 5.74) is 1.47. The highest BCUT2D eigenvalue weighted by Crippen LogP contribution is 2.29. The van der Waals surface area contributed by atoms with Crippen molar-refractivity contribution in [3.05, 3.63) is 76.5 Å². The second-order valence-electron chi connectivity index (χ2n) is 6.34. The Hall–Kier alpha value is -2.67. The lowest BCUT2D eigenvalue weighted by molar-refractivity contribution is 0.588. The lowest BCUT2D eigenvalue weighted by Gasteiger charge is -2.12. The van der Waals surface area contributed by atoms with Crippen LogP contribution in [0.25, 0.3) is 5.69 Å². The molecule has 2 heterocycles. The first kappa shape index (κ1) is 16.8. The topological polar surface area (TPSA) is 74.0 Å². The van der Waals surface area contributed by atoms with Crippen molar-refractivity contribution in [3.63, 3.8) is 0 Å². The monoisotopic (exact) mass is 369 g/mol. The van der Waals surface area contributed by atoms with Gasteiger partial charge in [-0.25, -0.2) is 13.2 Å². The Bertz CT molecular complexity index is 1100. The van der Waals surface area contributed by atoms with Crippen molar-refractivity contribution in [2.24, 2.45) is 0 Å². The predicted molar refractivity (Wildman–Crippen MR) is 98.5 cm³/mol. The highest BCUT2D eigenvalue weighted by atomic mass is 32.2. The molecule has 6 nitrogen and oxygen atoms in total. The van der Waals surface area contributed by atoms with Crippen LogP contribution in [0.5, 0.6) is 0 Å². The van der Waals surface area contributed by atoms with Crippen molar-refractivity contribution in [3.8, 4) is 5.69 Å². The highest BCUT2D eigenvalue weighted by Gasteiger charge is 2.29. The van der Waals surface area contributed by atoms with Crippen LogP contribution in [0.1, 0.15) is 30.8 Å². The van der Waals surface area contributed by atoms with E-state index >= 15 is 0 Å². The number of aromatic nitrogens is 3. The number of fused-ring (bicyclic) bond motifs is 1. The number of rotatable bonds is 4. The zero-order valence-electron chi connectivity index (χ0n) is 14.4. The largest absolute Gasteiger partial charge is 0.351 e. The van der Waals surface area contributed by atoms with Gasteiger partial charge in [0, 0.05) is 6.42 Å².